The Morgan fingerprint density at radius 2 is 1.56 bits per heavy atom. The summed E-state index contributed by atoms with van der Waals surface area (Å²) in [4.78, 5) is 18.6. The number of nitrogens with two attached hydrogens (primary N) is 1. The van der Waals surface area contributed by atoms with E-state index in [1.807, 2.05) is 37.3 Å². The molecule has 1 aliphatic rings. The summed E-state index contributed by atoms with van der Waals surface area (Å²) in [5.41, 5.74) is 6.56. The van der Waals surface area contributed by atoms with E-state index in [4.69, 9.17) is 10.7 Å². The van der Waals surface area contributed by atoms with E-state index in [1.54, 1.807) is 42.5 Å². The van der Waals surface area contributed by atoms with Gasteiger partial charge in [0.1, 0.15) is 5.84 Å². The van der Waals surface area contributed by atoms with E-state index in [0.717, 1.165) is 6.42 Å². The average Bonchev–Trinajstić information content (AvgIpc) is 3.06. The lowest BCUT2D eigenvalue weighted by Crippen LogP contribution is -2.36. The molecular weight excluding hydrogens is 422 g/mol. The Bertz CT molecular complexity index is 1260. The number of benzene rings is 3. The molecule has 3 aromatic rings. The number of nitrogens with zero attached hydrogens (tertiary/aromatic N) is 1. The van der Waals surface area contributed by atoms with Crippen LogP contribution in [0, 0.1) is 5.92 Å². The second-order valence-corrected chi connectivity index (χ2v) is 9.50. The first-order valence-electron chi connectivity index (χ1n) is 10.5. The highest BCUT2D eigenvalue weighted by Gasteiger charge is 2.50. The van der Waals surface area contributed by atoms with Crippen LogP contribution in [0.4, 0.5) is 5.69 Å². The fourth-order valence-electron chi connectivity index (χ4n) is 4.16. The number of hydrogen-bond donors (Lipinski definition) is 2. The molecule has 164 valence electrons. The smallest absolute Gasteiger partial charge is 0.261 e. The van der Waals surface area contributed by atoms with Crippen LogP contribution < -0.4 is 10.5 Å². The molecule has 32 heavy (non-hydrogen) atoms. The molecule has 0 amide bonds. The van der Waals surface area contributed by atoms with Crippen LogP contribution in [0.15, 0.2) is 94.8 Å². The fourth-order valence-corrected chi connectivity index (χ4v) is 5.23. The van der Waals surface area contributed by atoms with E-state index in [-0.39, 0.29) is 10.7 Å². The zero-order valence-corrected chi connectivity index (χ0v) is 18.5. The quantitative estimate of drug-likeness (QED) is 0.570. The van der Waals surface area contributed by atoms with Gasteiger partial charge in [0.2, 0.25) is 0 Å². The number of nitrogens with one attached hydrogen (secondary N) is 1. The van der Waals surface area contributed by atoms with Crippen molar-refractivity contribution in [3.8, 4) is 0 Å². The highest BCUT2D eigenvalue weighted by Crippen LogP contribution is 2.43. The lowest BCUT2D eigenvalue weighted by molar-refractivity contribution is -0.124. The zero-order valence-electron chi connectivity index (χ0n) is 17.7. The highest BCUT2D eigenvalue weighted by molar-refractivity contribution is 7.92. The van der Waals surface area contributed by atoms with E-state index < -0.39 is 21.5 Å². The van der Waals surface area contributed by atoms with Crippen LogP contribution in [0.5, 0.6) is 0 Å². The third kappa shape index (κ3) is 3.80. The standard InChI is InChI=1S/C25H25N3O3S/c1-2-10-22-23(29)25(27-24(22)26,18-11-5-3-6-12-18)19-13-9-14-20(17-19)28-32(30,31)21-15-7-4-8-16-21/h3-9,11-17,22,28H,2,10H2,1H3,(H2,26,27)/t22-,25?/m0/s1. The van der Waals surface area contributed by atoms with Gasteiger partial charge in [-0.15, -0.1) is 0 Å². The summed E-state index contributed by atoms with van der Waals surface area (Å²) in [6.45, 7) is 2.00. The molecule has 6 nitrogen and oxygen atoms in total. The predicted molar refractivity (Wildman–Crippen MR) is 126 cm³/mol. The first kappa shape index (κ1) is 21.8. The van der Waals surface area contributed by atoms with E-state index in [0.29, 0.717) is 29.1 Å². The maximum absolute atomic E-state index is 13.7. The van der Waals surface area contributed by atoms with Crippen LogP contribution in [0.3, 0.4) is 0 Å². The van der Waals surface area contributed by atoms with Crippen molar-refractivity contribution in [3.05, 3.63) is 96.1 Å². The Labute approximate surface area is 188 Å². The van der Waals surface area contributed by atoms with Gasteiger partial charge in [-0.2, -0.15) is 0 Å². The Balaban J connectivity index is 1.80. The Morgan fingerprint density at radius 3 is 2.22 bits per heavy atom. The van der Waals surface area contributed by atoms with E-state index in [2.05, 4.69) is 4.72 Å². The molecule has 0 spiro atoms. The number of aliphatic imine (C=N–C) groups is 1. The summed E-state index contributed by atoms with van der Waals surface area (Å²) in [7, 11) is -3.78. The summed E-state index contributed by atoms with van der Waals surface area (Å²) >= 11 is 0. The number of anilines is 1. The molecule has 7 heteroatoms. The average molecular weight is 448 g/mol. The minimum atomic E-state index is -3.78. The second-order valence-electron chi connectivity index (χ2n) is 7.82. The minimum absolute atomic E-state index is 0.0916. The molecule has 0 saturated heterocycles. The maximum atomic E-state index is 13.7. The molecule has 2 atom stereocenters. The molecule has 3 N–H and O–H groups in total. The van der Waals surface area contributed by atoms with Crippen LogP contribution in [-0.4, -0.2) is 20.0 Å². The van der Waals surface area contributed by atoms with E-state index >= 15 is 0 Å². The number of hydrogen-bond acceptors (Lipinski definition) is 5. The van der Waals surface area contributed by atoms with Crippen LogP contribution in [0.1, 0.15) is 30.9 Å². The molecule has 1 heterocycles. The number of amidine groups is 1. The number of carbonyl (C=O) groups is 1. The molecule has 0 aliphatic carbocycles. The van der Waals surface area contributed by atoms with Gasteiger partial charge in [0.05, 0.1) is 10.8 Å². The van der Waals surface area contributed by atoms with Gasteiger partial charge in [0, 0.05) is 5.69 Å². The monoisotopic (exact) mass is 447 g/mol. The summed E-state index contributed by atoms with van der Waals surface area (Å²) in [5, 5.41) is 0. The largest absolute Gasteiger partial charge is 0.387 e. The van der Waals surface area contributed by atoms with Crippen LogP contribution >= 0.6 is 0 Å². The van der Waals surface area contributed by atoms with E-state index in [9.17, 15) is 13.2 Å². The third-order valence-electron chi connectivity index (χ3n) is 5.68. The van der Waals surface area contributed by atoms with Crippen molar-refractivity contribution in [1.29, 1.82) is 0 Å². The maximum Gasteiger partial charge on any atom is 0.261 e. The van der Waals surface area contributed by atoms with Crippen molar-refractivity contribution in [2.24, 2.45) is 16.6 Å². The molecule has 3 aromatic carbocycles. The third-order valence-corrected chi connectivity index (χ3v) is 7.08. The van der Waals surface area contributed by atoms with Crippen molar-refractivity contribution in [2.75, 3.05) is 4.72 Å². The lowest BCUT2D eigenvalue weighted by atomic mass is 9.77. The molecule has 1 aliphatic heterocycles. The van der Waals surface area contributed by atoms with Crippen LogP contribution in [0.25, 0.3) is 0 Å². The Hall–Kier alpha value is -3.45. The number of ketones is 1. The van der Waals surface area contributed by atoms with Crippen molar-refractivity contribution in [1.82, 2.24) is 0 Å². The SMILES string of the molecule is CCC[C@H]1C(=O)C(c2ccccc2)(c2cccc(NS(=O)(=O)c3ccccc3)c2)N=C1N. The van der Waals surface area contributed by atoms with Gasteiger partial charge in [-0.3, -0.25) is 9.52 Å². The number of rotatable bonds is 7. The Kier molecular flexibility index (Phi) is 5.84. The summed E-state index contributed by atoms with van der Waals surface area (Å²) < 4.78 is 28.2. The van der Waals surface area contributed by atoms with Gasteiger partial charge in [0.15, 0.2) is 11.3 Å². The zero-order chi connectivity index (χ0) is 22.8. The van der Waals surface area contributed by atoms with Gasteiger partial charge in [0.25, 0.3) is 10.0 Å². The van der Waals surface area contributed by atoms with Crippen molar-refractivity contribution in [3.63, 3.8) is 0 Å². The van der Waals surface area contributed by atoms with Crippen molar-refractivity contribution < 1.29 is 13.2 Å². The van der Waals surface area contributed by atoms with Gasteiger partial charge in [-0.05, 0) is 41.8 Å². The molecule has 0 aromatic heterocycles. The van der Waals surface area contributed by atoms with Gasteiger partial charge in [-0.25, -0.2) is 13.4 Å². The highest BCUT2D eigenvalue weighted by atomic mass is 32.2. The number of Topliss-reactive ketones (excluding diaryl/α,β-unsaturated/α-hetero) is 1. The Morgan fingerprint density at radius 1 is 0.938 bits per heavy atom. The summed E-state index contributed by atoms with van der Waals surface area (Å²) in [6.07, 6.45) is 1.41. The number of carbonyl (C=O) groups excluding carboxylic acids is 1. The van der Waals surface area contributed by atoms with Crippen molar-refractivity contribution >= 4 is 27.3 Å². The second kappa shape index (κ2) is 8.59. The van der Waals surface area contributed by atoms with Gasteiger partial charge < -0.3 is 5.73 Å². The molecule has 4 rings (SSSR count). The number of sulfonamides is 1. The van der Waals surface area contributed by atoms with Gasteiger partial charge >= 0.3 is 0 Å². The molecule has 0 radical (unpaired) electrons. The van der Waals surface area contributed by atoms with Gasteiger partial charge in [-0.1, -0.05) is 74.0 Å². The fraction of sp³-hybridized carbons (Fsp3) is 0.200. The lowest BCUT2D eigenvalue weighted by Gasteiger charge is -2.27. The summed E-state index contributed by atoms with van der Waals surface area (Å²) in [6, 6.07) is 24.2. The first-order chi connectivity index (χ1) is 15.4. The topological polar surface area (TPSA) is 102 Å². The van der Waals surface area contributed by atoms with Crippen LogP contribution in [-0.2, 0) is 20.4 Å². The predicted octanol–water partition coefficient (Wildman–Crippen LogP) is 4.09. The van der Waals surface area contributed by atoms with E-state index in [1.165, 1.54) is 12.1 Å². The summed E-state index contributed by atoms with van der Waals surface area (Å²) in [5.74, 6) is -0.244. The molecule has 0 fully saturated rings. The molecule has 1 unspecified atom stereocenters. The first-order valence-corrected chi connectivity index (χ1v) is 12.0. The van der Waals surface area contributed by atoms with Crippen LogP contribution in [0.2, 0.25) is 0 Å². The molecular formula is C25H25N3O3S. The normalized spacial score (nSPS) is 20.7. The molecule has 0 bridgehead atoms. The van der Waals surface area contributed by atoms with Crippen molar-refractivity contribution in [2.45, 2.75) is 30.2 Å². The minimum Gasteiger partial charge on any atom is -0.387 e. The molecule has 0 saturated carbocycles.